The molecule has 8 nitrogen and oxygen atoms in total. The molecule has 0 aromatic carbocycles. The molecule has 0 unspecified atom stereocenters. The standard InChI is InChI=1S/C18H22N4O4S4/c23-17(15(21-25)11-13-3-1-7-27-13)19-5-9-29-30-10-6-20-18(24)16(22-26)12-14-4-2-8-28-14/h1-4,7-8,25-26H,5-6,9-12H2,(H,19,23)(H,20,24)/b21-15+,22-16+. The first kappa shape index (κ1) is 24.3. The molecule has 30 heavy (non-hydrogen) atoms. The summed E-state index contributed by atoms with van der Waals surface area (Å²) in [5.74, 6) is 0.573. The Morgan fingerprint density at radius 2 is 1.27 bits per heavy atom. The first-order valence-corrected chi connectivity index (χ1v) is 13.2. The number of nitrogens with zero attached hydrogens (tertiary/aromatic N) is 2. The molecule has 0 saturated carbocycles. The number of carbonyl (C=O) groups excluding carboxylic acids is 2. The van der Waals surface area contributed by atoms with E-state index in [1.54, 1.807) is 21.6 Å². The first-order chi connectivity index (χ1) is 14.6. The van der Waals surface area contributed by atoms with Crippen LogP contribution >= 0.6 is 44.3 Å². The lowest BCUT2D eigenvalue weighted by molar-refractivity contribution is -0.115. The number of carbonyl (C=O) groups is 2. The molecule has 2 aromatic heterocycles. The normalized spacial score (nSPS) is 12.0. The Morgan fingerprint density at radius 3 is 1.60 bits per heavy atom. The Hall–Kier alpha value is -2.02. The molecular weight excluding hydrogens is 464 g/mol. The molecular formula is C18H22N4O4S4. The van der Waals surface area contributed by atoms with Gasteiger partial charge in [-0.05, 0) is 22.9 Å². The van der Waals surface area contributed by atoms with Gasteiger partial charge in [0.2, 0.25) is 0 Å². The lowest BCUT2D eigenvalue weighted by atomic mass is 10.2. The predicted molar refractivity (Wildman–Crippen MR) is 125 cm³/mol. The lowest BCUT2D eigenvalue weighted by Gasteiger charge is -2.07. The number of nitrogens with one attached hydrogen (secondary N) is 2. The van der Waals surface area contributed by atoms with Gasteiger partial charge >= 0.3 is 0 Å². The summed E-state index contributed by atoms with van der Waals surface area (Å²) in [4.78, 5) is 26.0. The molecule has 0 bridgehead atoms. The Bertz CT molecular complexity index is 768. The van der Waals surface area contributed by atoms with Crippen molar-refractivity contribution >= 4 is 67.5 Å². The molecule has 162 valence electrons. The molecule has 0 fully saturated rings. The molecule has 4 N–H and O–H groups in total. The van der Waals surface area contributed by atoms with Crippen LogP contribution in [-0.2, 0) is 22.4 Å². The highest BCUT2D eigenvalue weighted by molar-refractivity contribution is 8.76. The second kappa shape index (κ2) is 14.1. The van der Waals surface area contributed by atoms with E-state index >= 15 is 0 Å². The van der Waals surface area contributed by atoms with E-state index in [-0.39, 0.29) is 23.2 Å². The molecule has 12 heteroatoms. The summed E-state index contributed by atoms with van der Waals surface area (Å²) < 4.78 is 0. The second-order valence-electron chi connectivity index (χ2n) is 5.76. The lowest BCUT2D eigenvalue weighted by Crippen LogP contribution is -2.34. The molecule has 0 aliphatic rings. The Balaban J connectivity index is 1.53. The Labute approximate surface area is 190 Å². The minimum absolute atomic E-state index is 0.0849. The largest absolute Gasteiger partial charge is 0.410 e. The minimum atomic E-state index is -0.384. The quantitative estimate of drug-likeness (QED) is 0.113. The Kier molecular flexibility index (Phi) is 11.4. The fourth-order valence-electron chi connectivity index (χ4n) is 2.21. The van der Waals surface area contributed by atoms with E-state index in [4.69, 9.17) is 10.4 Å². The Morgan fingerprint density at radius 1 is 0.833 bits per heavy atom. The van der Waals surface area contributed by atoms with E-state index in [0.29, 0.717) is 37.4 Å². The third kappa shape index (κ3) is 8.78. The van der Waals surface area contributed by atoms with E-state index in [9.17, 15) is 9.59 Å². The average Bonchev–Trinajstić information content (AvgIpc) is 3.45. The fourth-order valence-corrected chi connectivity index (χ4v) is 5.44. The zero-order valence-corrected chi connectivity index (χ0v) is 19.2. The van der Waals surface area contributed by atoms with Crippen LogP contribution in [0.2, 0.25) is 0 Å². The third-order valence-electron chi connectivity index (χ3n) is 3.63. The van der Waals surface area contributed by atoms with Gasteiger partial charge in [0.15, 0.2) is 0 Å². The van der Waals surface area contributed by atoms with Crippen LogP contribution in [0.25, 0.3) is 0 Å². The van der Waals surface area contributed by atoms with Crippen LogP contribution in [0.4, 0.5) is 0 Å². The van der Waals surface area contributed by atoms with Crippen LogP contribution in [0.1, 0.15) is 9.75 Å². The maximum atomic E-state index is 12.0. The average molecular weight is 487 g/mol. The molecule has 0 aliphatic carbocycles. The van der Waals surface area contributed by atoms with Crippen molar-refractivity contribution in [3.05, 3.63) is 44.8 Å². The van der Waals surface area contributed by atoms with Crippen LogP contribution in [0.3, 0.4) is 0 Å². The summed E-state index contributed by atoms with van der Waals surface area (Å²) in [5.41, 5.74) is 0.170. The summed E-state index contributed by atoms with van der Waals surface area (Å²) in [6.45, 7) is 0.878. The number of hydrogen-bond donors (Lipinski definition) is 4. The maximum Gasteiger partial charge on any atom is 0.269 e. The van der Waals surface area contributed by atoms with Gasteiger partial charge in [-0.25, -0.2) is 0 Å². The number of amides is 2. The van der Waals surface area contributed by atoms with Crippen LogP contribution in [0.5, 0.6) is 0 Å². The van der Waals surface area contributed by atoms with Gasteiger partial charge in [0.25, 0.3) is 11.8 Å². The van der Waals surface area contributed by atoms with Crippen molar-refractivity contribution in [1.82, 2.24) is 10.6 Å². The van der Waals surface area contributed by atoms with E-state index in [1.807, 2.05) is 35.0 Å². The summed E-state index contributed by atoms with van der Waals surface area (Å²) in [6, 6.07) is 7.52. The van der Waals surface area contributed by atoms with Gasteiger partial charge in [0.1, 0.15) is 11.4 Å². The van der Waals surface area contributed by atoms with Crippen molar-refractivity contribution in [3.63, 3.8) is 0 Å². The SMILES string of the molecule is O=C(NCCSSCCNC(=O)/C(Cc1cccs1)=N/O)/C(Cc1cccs1)=N/O. The van der Waals surface area contributed by atoms with E-state index in [1.165, 1.54) is 22.7 Å². The maximum absolute atomic E-state index is 12.0. The molecule has 0 spiro atoms. The van der Waals surface area contributed by atoms with Crippen molar-refractivity contribution in [1.29, 1.82) is 0 Å². The monoisotopic (exact) mass is 486 g/mol. The van der Waals surface area contributed by atoms with E-state index < -0.39 is 0 Å². The second-order valence-corrected chi connectivity index (χ2v) is 10.5. The van der Waals surface area contributed by atoms with Gasteiger partial charge < -0.3 is 21.0 Å². The molecule has 0 saturated heterocycles. The highest BCUT2D eigenvalue weighted by atomic mass is 33.1. The molecule has 0 atom stereocenters. The van der Waals surface area contributed by atoms with Crippen LogP contribution in [0.15, 0.2) is 45.3 Å². The van der Waals surface area contributed by atoms with Crippen molar-refractivity contribution in [2.24, 2.45) is 10.3 Å². The zero-order valence-electron chi connectivity index (χ0n) is 15.9. The number of thiophene rings is 2. The molecule has 2 aromatic rings. The van der Waals surface area contributed by atoms with E-state index in [2.05, 4.69) is 20.9 Å². The van der Waals surface area contributed by atoms with E-state index in [0.717, 1.165) is 9.75 Å². The van der Waals surface area contributed by atoms with Gasteiger partial charge in [0, 0.05) is 47.2 Å². The van der Waals surface area contributed by atoms with Crippen molar-refractivity contribution in [2.45, 2.75) is 12.8 Å². The van der Waals surface area contributed by atoms with Gasteiger partial charge in [-0.3, -0.25) is 9.59 Å². The molecule has 0 radical (unpaired) electrons. The predicted octanol–water partition coefficient (Wildman–Crippen LogP) is 2.87. The molecule has 2 rings (SSSR count). The smallest absolute Gasteiger partial charge is 0.269 e. The number of oxime groups is 2. The minimum Gasteiger partial charge on any atom is -0.410 e. The highest BCUT2D eigenvalue weighted by Gasteiger charge is 2.14. The number of hydrogen-bond acceptors (Lipinski definition) is 10. The molecule has 2 heterocycles. The summed E-state index contributed by atoms with van der Waals surface area (Å²) in [5, 5.41) is 33.5. The van der Waals surface area contributed by atoms with Crippen molar-refractivity contribution in [2.75, 3.05) is 24.6 Å². The first-order valence-electron chi connectivity index (χ1n) is 8.91. The molecule has 0 aliphatic heterocycles. The van der Waals surface area contributed by atoms with Crippen molar-refractivity contribution < 1.29 is 20.0 Å². The van der Waals surface area contributed by atoms with Crippen molar-refractivity contribution in [3.8, 4) is 0 Å². The highest BCUT2D eigenvalue weighted by Crippen LogP contribution is 2.19. The number of rotatable bonds is 13. The van der Waals surface area contributed by atoms with Gasteiger partial charge in [-0.15, -0.1) is 22.7 Å². The van der Waals surface area contributed by atoms with Gasteiger partial charge in [-0.2, -0.15) is 0 Å². The molecule has 2 amide bonds. The van der Waals surface area contributed by atoms with Crippen LogP contribution < -0.4 is 10.6 Å². The summed E-state index contributed by atoms with van der Waals surface area (Å²) in [6.07, 6.45) is 0.598. The summed E-state index contributed by atoms with van der Waals surface area (Å²) >= 11 is 3.00. The topological polar surface area (TPSA) is 123 Å². The zero-order chi connectivity index (χ0) is 21.6. The fraction of sp³-hybridized carbons (Fsp3) is 0.333. The van der Waals surface area contributed by atoms with Crippen LogP contribution in [-0.4, -0.2) is 58.2 Å². The van der Waals surface area contributed by atoms with Crippen LogP contribution in [0, 0.1) is 0 Å². The third-order valence-corrected chi connectivity index (χ3v) is 7.80. The van der Waals surface area contributed by atoms with Gasteiger partial charge in [0.05, 0.1) is 0 Å². The summed E-state index contributed by atoms with van der Waals surface area (Å²) in [7, 11) is 3.12. The van der Waals surface area contributed by atoms with Gasteiger partial charge in [-0.1, -0.05) is 44.0 Å².